The van der Waals surface area contributed by atoms with Crippen molar-refractivity contribution in [2.24, 2.45) is 23.2 Å². The Morgan fingerprint density at radius 3 is 3.00 bits per heavy atom. The fourth-order valence-electron chi connectivity index (χ4n) is 4.66. The third-order valence-electron chi connectivity index (χ3n) is 6.39. The SMILES string of the molecule is C[C@H]1[C@H]2C[C@H](C[C@H]1OC(=O)CSCc1cc(=O)n3ccsc3n1)C2(C)C. The van der Waals surface area contributed by atoms with Crippen molar-refractivity contribution in [3.8, 4) is 0 Å². The first-order valence-corrected chi connectivity index (χ1v) is 11.1. The van der Waals surface area contributed by atoms with E-state index >= 15 is 0 Å². The van der Waals surface area contributed by atoms with Crippen LogP contribution in [0.15, 0.2) is 22.4 Å². The molecule has 3 aliphatic carbocycles. The minimum Gasteiger partial charge on any atom is -0.461 e. The lowest BCUT2D eigenvalue weighted by molar-refractivity contribution is -0.183. The molecule has 0 unspecified atom stereocenters. The van der Waals surface area contributed by atoms with Gasteiger partial charge < -0.3 is 4.74 Å². The van der Waals surface area contributed by atoms with Gasteiger partial charge >= 0.3 is 5.97 Å². The number of rotatable bonds is 5. The van der Waals surface area contributed by atoms with E-state index in [2.05, 4.69) is 25.8 Å². The molecule has 2 aromatic rings. The zero-order valence-corrected chi connectivity index (χ0v) is 16.9. The van der Waals surface area contributed by atoms with Gasteiger partial charge in [0.05, 0.1) is 11.4 Å². The molecule has 7 heteroatoms. The highest BCUT2D eigenvalue weighted by Gasteiger charge is 2.57. The summed E-state index contributed by atoms with van der Waals surface area (Å²) in [4.78, 5) is 29.4. The number of fused-ring (bicyclic) bond motifs is 3. The van der Waals surface area contributed by atoms with Gasteiger partial charge in [0.25, 0.3) is 5.56 Å². The van der Waals surface area contributed by atoms with Gasteiger partial charge in [0, 0.05) is 23.4 Å². The van der Waals surface area contributed by atoms with Crippen LogP contribution in [0.4, 0.5) is 0 Å². The maximum absolute atomic E-state index is 12.2. The smallest absolute Gasteiger partial charge is 0.316 e. The van der Waals surface area contributed by atoms with E-state index in [0.29, 0.717) is 45.3 Å². The summed E-state index contributed by atoms with van der Waals surface area (Å²) in [6, 6.07) is 1.54. The van der Waals surface area contributed by atoms with Crippen LogP contribution in [0.25, 0.3) is 4.96 Å². The molecule has 0 N–H and O–H groups in total. The number of carbonyl (C=O) groups excluding carboxylic acids is 1. The van der Waals surface area contributed by atoms with Gasteiger partial charge in [-0.05, 0) is 36.0 Å². The van der Waals surface area contributed by atoms with Crippen LogP contribution in [0.2, 0.25) is 0 Å². The number of hydrogen-bond donors (Lipinski definition) is 0. The highest BCUT2D eigenvalue weighted by Crippen LogP contribution is 2.61. The van der Waals surface area contributed by atoms with Crippen LogP contribution >= 0.6 is 23.1 Å². The Hall–Kier alpha value is -1.34. The van der Waals surface area contributed by atoms with Crippen LogP contribution in [0.3, 0.4) is 0 Å². The second-order valence-electron chi connectivity index (χ2n) is 8.12. The molecule has 3 saturated carbocycles. The molecule has 2 bridgehead atoms. The van der Waals surface area contributed by atoms with Crippen molar-refractivity contribution in [3.63, 3.8) is 0 Å². The van der Waals surface area contributed by atoms with E-state index in [0.717, 1.165) is 6.42 Å². The fourth-order valence-corrected chi connectivity index (χ4v) is 6.09. The van der Waals surface area contributed by atoms with Crippen molar-refractivity contribution >= 4 is 34.0 Å². The molecule has 0 saturated heterocycles. The topological polar surface area (TPSA) is 60.7 Å². The number of aromatic nitrogens is 2. The maximum atomic E-state index is 12.2. The average molecular weight is 393 g/mol. The minimum absolute atomic E-state index is 0.0603. The van der Waals surface area contributed by atoms with E-state index in [-0.39, 0.29) is 17.6 Å². The van der Waals surface area contributed by atoms with E-state index < -0.39 is 0 Å². The van der Waals surface area contributed by atoms with E-state index in [4.69, 9.17) is 4.74 Å². The second-order valence-corrected chi connectivity index (χ2v) is 9.98. The minimum atomic E-state index is -0.153. The summed E-state index contributed by atoms with van der Waals surface area (Å²) >= 11 is 2.89. The van der Waals surface area contributed by atoms with Crippen LogP contribution in [-0.2, 0) is 15.3 Å². The van der Waals surface area contributed by atoms with Crippen molar-refractivity contribution in [2.75, 3.05) is 5.75 Å². The Morgan fingerprint density at radius 2 is 2.27 bits per heavy atom. The number of nitrogens with zero attached hydrogens (tertiary/aromatic N) is 2. The highest BCUT2D eigenvalue weighted by atomic mass is 32.2. The molecule has 5 rings (SSSR count). The van der Waals surface area contributed by atoms with Crippen molar-refractivity contribution < 1.29 is 9.53 Å². The van der Waals surface area contributed by atoms with Gasteiger partial charge in [-0.25, -0.2) is 4.98 Å². The van der Waals surface area contributed by atoms with E-state index in [9.17, 15) is 9.59 Å². The third kappa shape index (κ3) is 3.09. The Morgan fingerprint density at radius 1 is 1.46 bits per heavy atom. The van der Waals surface area contributed by atoms with Gasteiger partial charge in [-0.3, -0.25) is 14.0 Å². The first-order chi connectivity index (χ1) is 12.4. The summed E-state index contributed by atoms with van der Waals surface area (Å²) in [6.07, 6.45) is 4.06. The van der Waals surface area contributed by atoms with Gasteiger partial charge in [-0.2, -0.15) is 0 Å². The summed E-state index contributed by atoms with van der Waals surface area (Å²) in [7, 11) is 0. The molecule has 0 amide bonds. The van der Waals surface area contributed by atoms with Crippen molar-refractivity contribution in [1.82, 2.24) is 9.38 Å². The van der Waals surface area contributed by atoms with Crippen molar-refractivity contribution in [1.29, 1.82) is 0 Å². The Balaban J connectivity index is 1.28. The van der Waals surface area contributed by atoms with Gasteiger partial charge in [-0.1, -0.05) is 20.8 Å². The Kier molecular flexibility index (Phi) is 4.63. The van der Waals surface area contributed by atoms with Gasteiger partial charge in [-0.15, -0.1) is 23.1 Å². The van der Waals surface area contributed by atoms with Crippen molar-refractivity contribution in [3.05, 3.63) is 33.7 Å². The number of thioether (sulfide) groups is 1. The number of hydrogen-bond acceptors (Lipinski definition) is 6. The fraction of sp³-hybridized carbons (Fsp3) is 0.632. The highest BCUT2D eigenvalue weighted by molar-refractivity contribution is 7.99. The lowest BCUT2D eigenvalue weighted by Crippen LogP contribution is -2.57. The number of thiazole rings is 1. The predicted molar refractivity (Wildman–Crippen MR) is 105 cm³/mol. The van der Waals surface area contributed by atoms with Gasteiger partial charge in [0.2, 0.25) is 0 Å². The van der Waals surface area contributed by atoms with E-state index in [1.165, 1.54) is 40.0 Å². The lowest BCUT2D eigenvalue weighted by Gasteiger charge is -2.61. The molecule has 140 valence electrons. The normalized spacial score (nSPS) is 29.3. The summed E-state index contributed by atoms with van der Waals surface area (Å²) in [5, 5.41) is 1.84. The predicted octanol–water partition coefficient (Wildman–Crippen LogP) is 3.60. The molecular weight excluding hydrogens is 368 g/mol. The Bertz CT molecular complexity index is 888. The molecule has 2 heterocycles. The standard InChI is InChI=1S/C19H24N2O3S2/c1-11-14-6-12(19(14,2)3)7-15(11)24-17(23)10-25-9-13-8-16(22)21-4-5-26-18(21)20-13/h4-5,8,11-12,14-15H,6-7,9-10H2,1-3H3/t11-,12+,14+,15+/m0/s1. The van der Waals surface area contributed by atoms with Gasteiger partial charge in [0.1, 0.15) is 6.10 Å². The van der Waals surface area contributed by atoms with Gasteiger partial charge in [0.15, 0.2) is 4.96 Å². The number of ether oxygens (including phenoxy) is 1. The Labute approximate surface area is 161 Å². The monoisotopic (exact) mass is 392 g/mol. The largest absolute Gasteiger partial charge is 0.461 e. The molecular formula is C19H24N2O3S2. The molecule has 0 spiro atoms. The molecule has 3 aliphatic rings. The maximum Gasteiger partial charge on any atom is 0.316 e. The first kappa shape index (κ1) is 18.0. The summed E-state index contributed by atoms with van der Waals surface area (Å²) < 4.78 is 7.31. The van der Waals surface area contributed by atoms with Crippen LogP contribution in [0, 0.1) is 23.2 Å². The van der Waals surface area contributed by atoms with E-state index in [1.54, 1.807) is 6.20 Å². The van der Waals surface area contributed by atoms with Crippen molar-refractivity contribution in [2.45, 2.75) is 45.5 Å². The van der Waals surface area contributed by atoms with Crippen LogP contribution in [0.1, 0.15) is 39.3 Å². The molecule has 2 aromatic heterocycles. The third-order valence-corrected chi connectivity index (χ3v) is 8.09. The molecule has 0 radical (unpaired) electrons. The zero-order chi connectivity index (χ0) is 18.5. The van der Waals surface area contributed by atoms with Crippen LogP contribution in [0.5, 0.6) is 0 Å². The first-order valence-electron chi connectivity index (χ1n) is 9.09. The van der Waals surface area contributed by atoms with E-state index in [1.807, 2.05) is 5.38 Å². The molecule has 0 aromatic carbocycles. The molecule has 26 heavy (non-hydrogen) atoms. The average Bonchev–Trinajstić information content (AvgIpc) is 3.05. The molecule has 5 nitrogen and oxygen atoms in total. The van der Waals surface area contributed by atoms with Crippen LogP contribution in [-0.4, -0.2) is 27.2 Å². The lowest BCUT2D eigenvalue weighted by atomic mass is 9.45. The van der Waals surface area contributed by atoms with Crippen LogP contribution < -0.4 is 5.56 Å². The quantitative estimate of drug-likeness (QED) is 0.728. The summed E-state index contributed by atoms with van der Waals surface area (Å²) in [5.74, 6) is 2.47. The molecule has 0 aliphatic heterocycles. The summed E-state index contributed by atoms with van der Waals surface area (Å²) in [5.41, 5.74) is 1.04. The zero-order valence-electron chi connectivity index (χ0n) is 15.3. The molecule has 3 fully saturated rings. The molecule has 4 atom stereocenters. The second kappa shape index (κ2) is 6.68. The summed E-state index contributed by atoms with van der Waals surface area (Å²) in [6.45, 7) is 6.91. The number of esters is 1. The number of carbonyl (C=O) groups is 1.